The highest BCUT2D eigenvalue weighted by molar-refractivity contribution is 8.00. The summed E-state index contributed by atoms with van der Waals surface area (Å²) in [6.45, 7) is 2.59. The Bertz CT molecular complexity index is 1420. The molecule has 0 unspecified atom stereocenters. The summed E-state index contributed by atoms with van der Waals surface area (Å²) < 4.78 is 12.5. The lowest BCUT2D eigenvalue weighted by atomic mass is 10.1. The molecular weight excluding hydrogens is 484 g/mol. The molecule has 0 saturated carbocycles. The number of carbonyl (C=O) groups is 2. The zero-order valence-corrected chi connectivity index (χ0v) is 20.4. The van der Waals surface area contributed by atoms with Crippen molar-refractivity contribution in [1.82, 2.24) is 19.4 Å². The number of thioether (sulfide) groups is 1. The van der Waals surface area contributed by atoms with Crippen molar-refractivity contribution in [2.45, 2.75) is 23.5 Å². The van der Waals surface area contributed by atoms with E-state index < -0.39 is 0 Å². The predicted octanol–water partition coefficient (Wildman–Crippen LogP) is 2.12. The molecule has 5 heterocycles. The first-order valence-corrected chi connectivity index (χ1v) is 12.7. The second-order valence-electron chi connectivity index (χ2n) is 9.00. The van der Waals surface area contributed by atoms with Crippen LogP contribution in [0.4, 0.5) is 16.2 Å². The highest BCUT2D eigenvalue weighted by atomic mass is 32.2. The summed E-state index contributed by atoms with van der Waals surface area (Å²) in [4.78, 5) is 50.3. The quantitative estimate of drug-likeness (QED) is 0.534. The van der Waals surface area contributed by atoms with E-state index in [-0.39, 0.29) is 29.7 Å². The number of benzene rings is 1. The molecular formula is C24H24N6O5S. The third kappa shape index (κ3) is 4.16. The molecule has 2 aromatic heterocycles. The smallest absolute Gasteiger partial charge is 0.414 e. The van der Waals surface area contributed by atoms with Crippen LogP contribution >= 0.6 is 11.8 Å². The predicted molar refractivity (Wildman–Crippen MR) is 134 cm³/mol. The minimum absolute atomic E-state index is 0.00573. The van der Waals surface area contributed by atoms with E-state index in [1.165, 1.54) is 25.1 Å². The zero-order chi connectivity index (χ0) is 24.8. The molecule has 186 valence electrons. The summed E-state index contributed by atoms with van der Waals surface area (Å²) in [5.41, 5.74) is 2.41. The third-order valence-corrected chi connectivity index (χ3v) is 7.74. The van der Waals surface area contributed by atoms with Crippen LogP contribution in [0.15, 0.2) is 46.2 Å². The molecule has 3 aliphatic rings. The summed E-state index contributed by atoms with van der Waals surface area (Å²) in [5.74, 6) is 0.790. The van der Waals surface area contributed by atoms with Gasteiger partial charge < -0.3 is 14.8 Å². The average molecular weight is 509 g/mol. The van der Waals surface area contributed by atoms with Gasteiger partial charge in [-0.3, -0.25) is 24.0 Å². The largest absolute Gasteiger partial charge is 0.481 e. The number of aromatic nitrogens is 3. The highest BCUT2D eigenvalue weighted by Gasteiger charge is 2.35. The van der Waals surface area contributed by atoms with Crippen LogP contribution in [0.1, 0.15) is 12.5 Å². The van der Waals surface area contributed by atoms with Crippen LogP contribution in [0.5, 0.6) is 5.88 Å². The molecule has 0 spiro atoms. The molecule has 0 bridgehead atoms. The van der Waals surface area contributed by atoms with Crippen molar-refractivity contribution in [3.63, 3.8) is 0 Å². The third-order valence-electron chi connectivity index (χ3n) is 6.67. The number of nitrogens with zero attached hydrogens (tertiary/aromatic N) is 5. The van der Waals surface area contributed by atoms with E-state index in [0.717, 1.165) is 17.1 Å². The number of amides is 2. The van der Waals surface area contributed by atoms with E-state index in [1.807, 2.05) is 18.2 Å². The molecule has 1 aromatic carbocycles. The van der Waals surface area contributed by atoms with Crippen molar-refractivity contribution in [2.24, 2.45) is 0 Å². The first-order valence-electron chi connectivity index (χ1n) is 11.7. The number of likely N-dealkylation sites (tertiary alicyclic amines) is 1. The fourth-order valence-corrected chi connectivity index (χ4v) is 5.58. The molecule has 11 nitrogen and oxygen atoms in total. The highest BCUT2D eigenvalue weighted by Crippen LogP contribution is 2.36. The van der Waals surface area contributed by atoms with Crippen molar-refractivity contribution in [3.05, 3.63) is 46.9 Å². The van der Waals surface area contributed by atoms with E-state index in [2.05, 4.69) is 20.2 Å². The maximum Gasteiger partial charge on any atom is 0.414 e. The molecule has 6 rings (SSSR count). The number of cyclic esters (lactones) is 1. The van der Waals surface area contributed by atoms with Gasteiger partial charge in [0, 0.05) is 36.3 Å². The van der Waals surface area contributed by atoms with Crippen LogP contribution < -0.4 is 20.5 Å². The van der Waals surface area contributed by atoms with Gasteiger partial charge in [0.2, 0.25) is 11.8 Å². The molecule has 1 N–H and O–H groups in total. The number of rotatable bonds is 6. The normalized spacial score (nSPS) is 20.1. The number of nitrogens with one attached hydrogen (secondary N) is 1. The lowest BCUT2D eigenvalue weighted by Gasteiger charge is -2.40. The van der Waals surface area contributed by atoms with Crippen molar-refractivity contribution in [2.75, 3.05) is 49.3 Å². The maximum atomic E-state index is 12.6. The number of carbonyl (C=O) groups excluding carboxylic acids is 2. The van der Waals surface area contributed by atoms with Gasteiger partial charge in [-0.15, -0.1) is 11.8 Å². The van der Waals surface area contributed by atoms with Crippen LogP contribution in [0.25, 0.3) is 11.2 Å². The summed E-state index contributed by atoms with van der Waals surface area (Å²) in [7, 11) is 1.54. The van der Waals surface area contributed by atoms with Gasteiger partial charge in [-0.2, -0.15) is 4.98 Å². The maximum absolute atomic E-state index is 12.6. The van der Waals surface area contributed by atoms with Crippen LogP contribution in [0.2, 0.25) is 0 Å². The standard InChI is InChI=1S/C24H24N6O5S/c1-34-21-5-3-17-23(27-21)30(22(32)9-25-17)15-10-28(11-15)7-6-16-12-29(24(33)35-16)14-2-4-19-18(8-14)26-20(31)13-36-19/h2-5,8-9,15-16H,6-7,10-13H2,1H3,(H,26,31)/t16-/m0/s1. The van der Waals surface area contributed by atoms with E-state index in [0.29, 0.717) is 54.5 Å². The molecule has 2 saturated heterocycles. The van der Waals surface area contributed by atoms with Crippen LogP contribution in [0, 0.1) is 0 Å². The van der Waals surface area contributed by atoms with Gasteiger partial charge >= 0.3 is 6.09 Å². The van der Waals surface area contributed by atoms with Crippen molar-refractivity contribution >= 4 is 46.3 Å². The Morgan fingerprint density at radius 3 is 2.86 bits per heavy atom. The topological polar surface area (TPSA) is 119 Å². The number of anilines is 2. The number of hydrogen-bond donors (Lipinski definition) is 1. The molecule has 12 heteroatoms. The molecule has 3 aliphatic heterocycles. The number of hydrogen-bond acceptors (Lipinski definition) is 9. The fourth-order valence-electron chi connectivity index (χ4n) is 4.80. The minimum Gasteiger partial charge on any atom is -0.481 e. The minimum atomic E-state index is -0.383. The monoisotopic (exact) mass is 508 g/mol. The van der Waals surface area contributed by atoms with E-state index in [4.69, 9.17) is 9.47 Å². The summed E-state index contributed by atoms with van der Waals surface area (Å²) in [5, 5.41) is 2.86. The molecule has 2 amide bonds. The van der Waals surface area contributed by atoms with E-state index in [1.54, 1.807) is 21.6 Å². The summed E-state index contributed by atoms with van der Waals surface area (Å²) in [6, 6.07) is 9.14. The molecule has 0 aliphatic carbocycles. The summed E-state index contributed by atoms with van der Waals surface area (Å²) in [6.07, 6.45) is 1.40. The summed E-state index contributed by atoms with van der Waals surface area (Å²) >= 11 is 1.48. The Kier molecular flexibility index (Phi) is 5.76. The second-order valence-corrected chi connectivity index (χ2v) is 10.0. The van der Waals surface area contributed by atoms with Gasteiger partial charge in [0.05, 0.1) is 37.3 Å². The van der Waals surface area contributed by atoms with Crippen molar-refractivity contribution < 1.29 is 19.1 Å². The van der Waals surface area contributed by atoms with Crippen LogP contribution in [-0.4, -0.2) is 76.6 Å². The van der Waals surface area contributed by atoms with Gasteiger partial charge in [-0.25, -0.2) is 9.78 Å². The van der Waals surface area contributed by atoms with Gasteiger partial charge in [-0.1, -0.05) is 0 Å². The molecule has 1 atom stereocenters. The Morgan fingerprint density at radius 1 is 1.17 bits per heavy atom. The number of fused-ring (bicyclic) bond motifs is 2. The first-order chi connectivity index (χ1) is 17.5. The molecule has 36 heavy (non-hydrogen) atoms. The number of ether oxygens (including phenoxy) is 2. The average Bonchev–Trinajstić information content (AvgIpc) is 3.23. The van der Waals surface area contributed by atoms with Crippen molar-refractivity contribution in [1.29, 1.82) is 0 Å². The van der Waals surface area contributed by atoms with Gasteiger partial charge in [0.1, 0.15) is 11.6 Å². The Hall–Kier alpha value is -3.64. The zero-order valence-electron chi connectivity index (χ0n) is 19.5. The molecule has 2 fully saturated rings. The second kappa shape index (κ2) is 9.10. The molecule has 0 radical (unpaired) electrons. The van der Waals surface area contributed by atoms with E-state index >= 15 is 0 Å². The van der Waals surface area contributed by atoms with Gasteiger partial charge in [0.15, 0.2) is 5.65 Å². The lowest BCUT2D eigenvalue weighted by Crippen LogP contribution is -2.51. The van der Waals surface area contributed by atoms with Crippen LogP contribution in [-0.2, 0) is 9.53 Å². The van der Waals surface area contributed by atoms with Gasteiger partial charge in [0.25, 0.3) is 5.56 Å². The van der Waals surface area contributed by atoms with E-state index in [9.17, 15) is 14.4 Å². The number of methoxy groups -OCH3 is 1. The number of pyridine rings is 1. The SMILES string of the molecule is COc1ccc2ncc(=O)n(C3CN(CC[C@H]4CN(c5ccc6c(c5)NC(=O)CS6)C(=O)O4)C3)c2n1. The van der Waals surface area contributed by atoms with Gasteiger partial charge in [-0.05, 0) is 30.7 Å². The molecule has 3 aromatic rings. The fraction of sp³-hybridized carbons (Fsp3) is 0.375. The Morgan fingerprint density at radius 2 is 2.03 bits per heavy atom. The van der Waals surface area contributed by atoms with Crippen LogP contribution in [0.3, 0.4) is 0 Å². The lowest BCUT2D eigenvalue weighted by molar-refractivity contribution is -0.113. The first kappa shape index (κ1) is 22.8. The van der Waals surface area contributed by atoms with Crippen molar-refractivity contribution in [3.8, 4) is 5.88 Å². The Balaban J connectivity index is 1.07. The Labute approximate surface area is 210 Å².